The molecule has 1 aromatic heterocycles. The maximum Gasteiger partial charge on any atom is 0.135 e. The van der Waals surface area contributed by atoms with Gasteiger partial charge in [0.15, 0.2) is 0 Å². The van der Waals surface area contributed by atoms with Crippen molar-refractivity contribution in [2.75, 3.05) is 9.80 Å². The zero-order valence-corrected chi connectivity index (χ0v) is 39.4. The minimum absolute atomic E-state index is 0.737. The van der Waals surface area contributed by atoms with Crippen molar-refractivity contribution in [3.63, 3.8) is 0 Å². The van der Waals surface area contributed by atoms with Crippen LogP contribution in [-0.2, 0) is 5.41 Å². The summed E-state index contributed by atoms with van der Waals surface area (Å²) in [6.45, 7) is 0. The van der Waals surface area contributed by atoms with Crippen LogP contribution in [0, 0.1) is 0 Å². The Balaban J connectivity index is 0.965. The molecule has 338 valence electrons. The Morgan fingerprint density at radius 2 is 0.667 bits per heavy atom. The molecule has 0 N–H and O–H groups in total. The van der Waals surface area contributed by atoms with E-state index in [1.54, 1.807) is 0 Å². The first-order valence-electron chi connectivity index (χ1n) is 24.7. The van der Waals surface area contributed by atoms with E-state index in [-0.39, 0.29) is 0 Å². The van der Waals surface area contributed by atoms with Crippen LogP contribution in [0.3, 0.4) is 0 Å². The van der Waals surface area contributed by atoms with Gasteiger partial charge in [-0.25, -0.2) is 0 Å². The molecule has 72 heavy (non-hydrogen) atoms. The van der Waals surface area contributed by atoms with E-state index in [1.807, 2.05) is 0 Å². The number of anilines is 6. The normalized spacial score (nSPS) is 13.9. The van der Waals surface area contributed by atoms with Gasteiger partial charge in [-0.05, 0) is 146 Å². The Kier molecular flexibility index (Phi) is 9.75. The third-order valence-electron chi connectivity index (χ3n) is 14.9. The van der Waals surface area contributed by atoms with Crippen LogP contribution >= 0.6 is 0 Å². The average Bonchev–Trinajstić information content (AvgIpc) is 4.09. The van der Waals surface area contributed by atoms with Crippen LogP contribution in [0.1, 0.15) is 22.5 Å². The molecule has 11 aromatic carbocycles. The van der Waals surface area contributed by atoms with Gasteiger partial charge >= 0.3 is 0 Å². The van der Waals surface area contributed by atoms with Gasteiger partial charge in [0, 0.05) is 45.1 Å². The highest BCUT2D eigenvalue weighted by Crippen LogP contribution is 2.65. The van der Waals surface area contributed by atoms with Crippen LogP contribution in [-0.4, -0.2) is 0 Å². The largest absolute Gasteiger partial charge is 0.459 e. The average molecular weight is 919 g/mol. The molecule has 3 heteroatoms. The number of para-hydroxylation sites is 2. The molecule has 0 radical (unpaired) electrons. The Bertz CT molecular complexity index is 3860. The van der Waals surface area contributed by atoms with Gasteiger partial charge in [0.25, 0.3) is 0 Å². The van der Waals surface area contributed by atoms with Crippen molar-refractivity contribution in [2.24, 2.45) is 0 Å². The molecule has 0 bridgehead atoms. The predicted octanol–water partition coefficient (Wildman–Crippen LogP) is 18.7. The fourth-order valence-electron chi connectivity index (χ4n) is 11.6. The molecule has 2 aliphatic rings. The summed E-state index contributed by atoms with van der Waals surface area (Å²) in [5.41, 5.74) is 22.2. The summed E-state index contributed by atoms with van der Waals surface area (Å²) in [4.78, 5) is 4.78. The Hall–Kier alpha value is -9.44. The van der Waals surface area contributed by atoms with Gasteiger partial charge < -0.3 is 14.2 Å². The molecule has 1 atom stereocenters. The minimum Gasteiger partial charge on any atom is -0.459 e. The smallest absolute Gasteiger partial charge is 0.135 e. The summed E-state index contributed by atoms with van der Waals surface area (Å²) in [5.74, 6) is 0.970. The number of hydrogen-bond acceptors (Lipinski definition) is 3. The number of hydrogen-bond donors (Lipinski definition) is 0. The molecular formula is C69H46N2O. The van der Waals surface area contributed by atoms with Crippen molar-refractivity contribution >= 4 is 45.1 Å². The van der Waals surface area contributed by atoms with Crippen molar-refractivity contribution in [2.45, 2.75) is 5.41 Å². The van der Waals surface area contributed by atoms with Crippen molar-refractivity contribution < 1.29 is 4.42 Å². The second-order valence-electron chi connectivity index (χ2n) is 18.8. The maximum atomic E-state index is 7.26. The standard InChI is InChI=1S/C69H46N2O/c1-5-17-47(18-6-1)50-29-35-54(36-30-50)70(53-23-11-4-12-24-53)57-42-44-64-62(45-57)59-25-13-15-27-63(59)69(64)65-46-58(41-43-60(65)67-61-26-14-16-28-66(61)72-68(67)69)71(55-37-31-51(32-38-55)48-19-7-2-8-20-48)56-39-33-52(34-40-56)49-21-9-3-10-22-49/h1-46H. The summed E-state index contributed by atoms with van der Waals surface area (Å²) in [6, 6.07) is 101. The van der Waals surface area contributed by atoms with Crippen LogP contribution < -0.4 is 9.80 Å². The van der Waals surface area contributed by atoms with Gasteiger partial charge in [-0.2, -0.15) is 0 Å². The second-order valence-corrected chi connectivity index (χ2v) is 18.8. The molecule has 1 unspecified atom stereocenters. The topological polar surface area (TPSA) is 19.6 Å². The molecule has 0 amide bonds. The van der Waals surface area contributed by atoms with E-state index in [9.17, 15) is 0 Å². The Morgan fingerprint density at radius 1 is 0.264 bits per heavy atom. The Labute approximate surface area is 419 Å². The summed E-state index contributed by atoms with van der Waals surface area (Å²) < 4.78 is 7.26. The number of furan rings is 1. The molecule has 1 heterocycles. The molecule has 14 rings (SSSR count). The summed E-state index contributed by atoms with van der Waals surface area (Å²) in [6.07, 6.45) is 0. The van der Waals surface area contributed by atoms with Gasteiger partial charge in [0.1, 0.15) is 16.8 Å². The molecule has 2 aliphatic carbocycles. The quantitative estimate of drug-likeness (QED) is 0.144. The zero-order valence-electron chi connectivity index (χ0n) is 39.4. The number of benzene rings is 11. The van der Waals surface area contributed by atoms with E-state index in [2.05, 4.69) is 289 Å². The molecule has 1 spiro atoms. The van der Waals surface area contributed by atoms with E-state index in [0.29, 0.717) is 0 Å². The van der Waals surface area contributed by atoms with Crippen LogP contribution in [0.15, 0.2) is 283 Å². The van der Waals surface area contributed by atoms with Gasteiger partial charge in [-0.15, -0.1) is 0 Å². The monoisotopic (exact) mass is 918 g/mol. The fourth-order valence-corrected chi connectivity index (χ4v) is 11.6. The first kappa shape index (κ1) is 41.5. The van der Waals surface area contributed by atoms with Crippen LogP contribution in [0.5, 0.6) is 0 Å². The Morgan fingerprint density at radius 3 is 1.22 bits per heavy atom. The maximum absolute atomic E-state index is 7.26. The fraction of sp³-hybridized carbons (Fsp3) is 0.0145. The molecular weight excluding hydrogens is 873 g/mol. The van der Waals surface area contributed by atoms with Gasteiger partial charge in [0.05, 0.1) is 0 Å². The van der Waals surface area contributed by atoms with Crippen molar-refractivity contribution in [3.05, 3.63) is 302 Å². The zero-order chi connectivity index (χ0) is 47.6. The molecule has 12 aromatic rings. The summed E-state index contributed by atoms with van der Waals surface area (Å²) in [7, 11) is 0. The number of fused-ring (bicyclic) bond motifs is 12. The van der Waals surface area contributed by atoms with Crippen LogP contribution in [0.2, 0.25) is 0 Å². The third-order valence-corrected chi connectivity index (χ3v) is 14.9. The predicted molar refractivity (Wildman–Crippen MR) is 298 cm³/mol. The van der Waals surface area contributed by atoms with Crippen LogP contribution in [0.25, 0.3) is 66.6 Å². The minimum atomic E-state index is -0.737. The van der Waals surface area contributed by atoms with E-state index in [4.69, 9.17) is 4.42 Å². The van der Waals surface area contributed by atoms with E-state index < -0.39 is 5.41 Å². The molecule has 0 saturated heterocycles. The third kappa shape index (κ3) is 6.59. The van der Waals surface area contributed by atoms with E-state index in [0.717, 1.165) is 56.4 Å². The van der Waals surface area contributed by atoms with Crippen molar-refractivity contribution in [3.8, 4) is 55.6 Å². The number of nitrogens with zero attached hydrogens (tertiary/aromatic N) is 2. The van der Waals surface area contributed by atoms with E-state index in [1.165, 1.54) is 66.8 Å². The lowest BCUT2D eigenvalue weighted by molar-refractivity contribution is 0.507. The van der Waals surface area contributed by atoms with Crippen molar-refractivity contribution in [1.82, 2.24) is 0 Å². The lowest BCUT2D eigenvalue weighted by Crippen LogP contribution is -2.26. The van der Waals surface area contributed by atoms with Gasteiger partial charge in [-0.3, -0.25) is 0 Å². The first-order valence-corrected chi connectivity index (χ1v) is 24.7. The lowest BCUT2D eigenvalue weighted by Gasteiger charge is -2.31. The summed E-state index contributed by atoms with van der Waals surface area (Å²) >= 11 is 0. The molecule has 3 nitrogen and oxygen atoms in total. The highest BCUT2D eigenvalue weighted by molar-refractivity contribution is 6.05. The van der Waals surface area contributed by atoms with Crippen molar-refractivity contribution in [1.29, 1.82) is 0 Å². The van der Waals surface area contributed by atoms with Crippen LogP contribution in [0.4, 0.5) is 34.1 Å². The van der Waals surface area contributed by atoms with Gasteiger partial charge in [0.2, 0.25) is 0 Å². The van der Waals surface area contributed by atoms with Gasteiger partial charge in [-0.1, -0.05) is 200 Å². The molecule has 0 fully saturated rings. The van der Waals surface area contributed by atoms with E-state index >= 15 is 0 Å². The highest BCUT2D eigenvalue weighted by Gasteiger charge is 2.55. The SMILES string of the molecule is c1ccc(-c2ccc(N(c3ccccc3)c3ccc4c(c3)-c3ccccc3C43c4cc(N(c5ccc(-c6ccccc6)cc5)c5ccc(-c6ccccc6)cc5)ccc4-c4c3oc3ccccc43)cc2)cc1. The lowest BCUT2D eigenvalue weighted by atomic mass is 9.73. The molecule has 0 saturated carbocycles. The second kappa shape index (κ2) is 16.9. The first-order chi connectivity index (χ1) is 35.7. The number of rotatable bonds is 9. The summed E-state index contributed by atoms with van der Waals surface area (Å²) in [5, 5.41) is 1.12. The molecule has 0 aliphatic heterocycles. The highest BCUT2D eigenvalue weighted by atomic mass is 16.3.